The van der Waals surface area contributed by atoms with Gasteiger partial charge < -0.3 is 15.2 Å². The van der Waals surface area contributed by atoms with Crippen LogP contribution in [0.25, 0.3) is 0 Å². The van der Waals surface area contributed by atoms with Crippen LogP contribution in [0.5, 0.6) is 11.5 Å². The van der Waals surface area contributed by atoms with Crippen molar-refractivity contribution in [1.82, 2.24) is 0 Å². The van der Waals surface area contributed by atoms with E-state index in [2.05, 4.69) is 0 Å². The molecule has 0 bridgehead atoms. The van der Waals surface area contributed by atoms with E-state index in [-0.39, 0.29) is 5.82 Å². The van der Waals surface area contributed by atoms with Crippen molar-refractivity contribution < 1.29 is 13.9 Å². The minimum Gasteiger partial charge on any atom is -0.493 e. The van der Waals surface area contributed by atoms with Gasteiger partial charge in [-0.05, 0) is 53.8 Å². The summed E-state index contributed by atoms with van der Waals surface area (Å²) in [6, 6.07) is 10.5. The van der Waals surface area contributed by atoms with Crippen LogP contribution in [0, 0.1) is 5.82 Å². The lowest BCUT2D eigenvalue weighted by Gasteiger charge is -2.27. The van der Waals surface area contributed by atoms with Gasteiger partial charge in [0.25, 0.3) is 0 Å². The van der Waals surface area contributed by atoms with Crippen molar-refractivity contribution in [2.75, 3.05) is 14.2 Å². The summed E-state index contributed by atoms with van der Waals surface area (Å²) in [5.41, 5.74) is 8.94. The maximum atomic E-state index is 13.4. The highest BCUT2D eigenvalue weighted by atomic mass is 19.1. The Morgan fingerprint density at radius 3 is 2.52 bits per heavy atom. The van der Waals surface area contributed by atoms with Crippen LogP contribution in [0.2, 0.25) is 0 Å². The van der Waals surface area contributed by atoms with Gasteiger partial charge in [-0.25, -0.2) is 4.39 Å². The molecule has 0 fully saturated rings. The molecular weight excluding hydrogens is 269 g/mol. The Morgan fingerprint density at radius 1 is 1.05 bits per heavy atom. The largest absolute Gasteiger partial charge is 0.493 e. The molecule has 3 rings (SSSR count). The molecule has 1 aliphatic carbocycles. The summed E-state index contributed by atoms with van der Waals surface area (Å²) in [5, 5.41) is 0. The summed E-state index contributed by atoms with van der Waals surface area (Å²) < 4.78 is 24.0. The van der Waals surface area contributed by atoms with Crippen LogP contribution in [0.15, 0.2) is 36.4 Å². The van der Waals surface area contributed by atoms with Gasteiger partial charge in [-0.1, -0.05) is 12.1 Å². The lowest BCUT2D eigenvalue weighted by atomic mass is 9.85. The van der Waals surface area contributed by atoms with Crippen molar-refractivity contribution in [2.24, 2.45) is 5.73 Å². The predicted octanol–water partition coefficient (Wildman–Crippen LogP) is 2.99. The Morgan fingerprint density at radius 2 is 1.81 bits per heavy atom. The van der Waals surface area contributed by atoms with Crippen LogP contribution in [0.1, 0.15) is 23.1 Å². The Kier molecular flexibility index (Phi) is 3.33. The van der Waals surface area contributed by atoms with Crippen LogP contribution < -0.4 is 15.2 Å². The molecular formula is C17H18FNO2. The fraction of sp³-hybridized carbons (Fsp3) is 0.294. The third kappa shape index (κ3) is 2.16. The van der Waals surface area contributed by atoms with Crippen LogP contribution in [0.4, 0.5) is 4.39 Å². The van der Waals surface area contributed by atoms with Crippen molar-refractivity contribution in [3.05, 3.63) is 58.9 Å². The fourth-order valence-electron chi connectivity index (χ4n) is 3.08. The Bertz CT molecular complexity index is 686. The van der Waals surface area contributed by atoms with Crippen molar-refractivity contribution in [3.8, 4) is 11.5 Å². The number of nitrogens with two attached hydrogens (primary N) is 1. The number of fused-ring (bicyclic) bond motifs is 1. The van der Waals surface area contributed by atoms with Gasteiger partial charge in [-0.2, -0.15) is 0 Å². The monoisotopic (exact) mass is 287 g/mol. The lowest BCUT2D eigenvalue weighted by molar-refractivity contribution is 0.353. The highest BCUT2D eigenvalue weighted by Crippen LogP contribution is 2.42. The van der Waals surface area contributed by atoms with Gasteiger partial charge in [-0.3, -0.25) is 0 Å². The number of benzene rings is 2. The number of methoxy groups -OCH3 is 2. The summed E-state index contributed by atoms with van der Waals surface area (Å²) in [6.45, 7) is 0. The molecule has 1 unspecified atom stereocenters. The summed E-state index contributed by atoms with van der Waals surface area (Å²) in [6.07, 6.45) is 1.53. The molecule has 0 aromatic heterocycles. The van der Waals surface area contributed by atoms with E-state index in [9.17, 15) is 4.39 Å². The first-order valence-corrected chi connectivity index (χ1v) is 6.89. The van der Waals surface area contributed by atoms with Crippen molar-refractivity contribution in [1.29, 1.82) is 0 Å². The molecule has 2 aromatic rings. The predicted molar refractivity (Wildman–Crippen MR) is 79.2 cm³/mol. The molecule has 4 heteroatoms. The number of ether oxygens (including phenoxy) is 2. The zero-order valence-corrected chi connectivity index (χ0v) is 12.2. The van der Waals surface area contributed by atoms with Crippen LogP contribution in [0.3, 0.4) is 0 Å². The second kappa shape index (κ2) is 5.04. The van der Waals surface area contributed by atoms with Gasteiger partial charge in [0.1, 0.15) is 5.82 Å². The molecule has 0 heterocycles. The van der Waals surface area contributed by atoms with E-state index in [1.54, 1.807) is 26.4 Å². The second-order valence-corrected chi connectivity index (χ2v) is 5.34. The Hall–Kier alpha value is -2.07. The van der Waals surface area contributed by atoms with Crippen LogP contribution in [-0.4, -0.2) is 14.2 Å². The van der Waals surface area contributed by atoms with Gasteiger partial charge in [0.15, 0.2) is 11.5 Å². The number of aryl methyl sites for hydroxylation is 1. The van der Waals surface area contributed by atoms with E-state index < -0.39 is 5.54 Å². The molecule has 0 saturated carbocycles. The van der Waals surface area contributed by atoms with Gasteiger partial charge in [0.2, 0.25) is 0 Å². The molecule has 2 aromatic carbocycles. The summed E-state index contributed by atoms with van der Waals surface area (Å²) in [4.78, 5) is 0. The lowest BCUT2D eigenvalue weighted by Crippen LogP contribution is -2.35. The molecule has 3 nitrogen and oxygen atoms in total. The maximum Gasteiger partial charge on any atom is 0.161 e. The maximum absolute atomic E-state index is 13.4. The average molecular weight is 287 g/mol. The molecule has 0 radical (unpaired) electrons. The molecule has 1 aliphatic rings. The van der Waals surface area contributed by atoms with Gasteiger partial charge in [-0.15, -0.1) is 0 Å². The van der Waals surface area contributed by atoms with Crippen molar-refractivity contribution in [3.63, 3.8) is 0 Å². The van der Waals surface area contributed by atoms with Crippen molar-refractivity contribution in [2.45, 2.75) is 18.4 Å². The first-order valence-electron chi connectivity index (χ1n) is 6.89. The first-order chi connectivity index (χ1) is 10.1. The zero-order valence-electron chi connectivity index (χ0n) is 12.2. The molecule has 110 valence electrons. The van der Waals surface area contributed by atoms with Crippen LogP contribution in [-0.2, 0) is 12.0 Å². The quantitative estimate of drug-likeness (QED) is 0.944. The summed E-state index contributed by atoms with van der Waals surface area (Å²) in [7, 11) is 3.20. The Balaban J connectivity index is 2.09. The molecule has 0 aliphatic heterocycles. The SMILES string of the molecule is COc1ccc(C2(N)CCc3cc(F)ccc32)cc1OC. The highest BCUT2D eigenvalue weighted by molar-refractivity contribution is 5.51. The normalized spacial score (nSPS) is 20.2. The third-order valence-corrected chi connectivity index (χ3v) is 4.24. The summed E-state index contributed by atoms with van der Waals surface area (Å²) in [5.74, 6) is 1.10. The highest BCUT2D eigenvalue weighted by Gasteiger charge is 2.37. The van der Waals surface area contributed by atoms with E-state index in [0.717, 1.165) is 29.5 Å². The van der Waals surface area contributed by atoms with E-state index in [1.807, 2.05) is 18.2 Å². The number of rotatable bonds is 3. The van der Waals surface area contributed by atoms with E-state index in [4.69, 9.17) is 15.2 Å². The van der Waals surface area contributed by atoms with Gasteiger partial charge >= 0.3 is 0 Å². The minimum atomic E-state index is -0.609. The molecule has 0 amide bonds. The molecule has 0 spiro atoms. The summed E-state index contributed by atoms with van der Waals surface area (Å²) >= 11 is 0. The molecule has 21 heavy (non-hydrogen) atoms. The van der Waals surface area contributed by atoms with Crippen LogP contribution >= 0.6 is 0 Å². The molecule has 1 atom stereocenters. The smallest absolute Gasteiger partial charge is 0.161 e. The third-order valence-electron chi connectivity index (χ3n) is 4.24. The van der Waals surface area contributed by atoms with E-state index >= 15 is 0 Å². The van der Waals surface area contributed by atoms with E-state index in [0.29, 0.717) is 11.5 Å². The zero-order chi connectivity index (χ0) is 15.0. The average Bonchev–Trinajstić information content (AvgIpc) is 2.84. The number of hydrogen-bond donors (Lipinski definition) is 1. The first kappa shape index (κ1) is 13.9. The molecule has 0 saturated heterocycles. The van der Waals surface area contributed by atoms with E-state index in [1.165, 1.54) is 6.07 Å². The van der Waals surface area contributed by atoms with Crippen molar-refractivity contribution >= 4 is 0 Å². The Labute approximate surface area is 123 Å². The van der Waals surface area contributed by atoms with Gasteiger partial charge in [0.05, 0.1) is 19.8 Å². The number of hydrogen-bond acceptors (Lipinski definition) is 3. The topological polar surface area (TPSA) is 44.5 Å². The fourth-order valence-corrected chi connectivity index (χ4v) is 3.08. The second-order valence-electron chi connectivity index (χ2n) is 5.34. The minimum absolute atomic E-state index is 0.217. The van der Waals surface area contributed by atoms with Gasteiger partial charge in [0, 0.05) is 0 Å². The number of halogens is 1. The standard InChI is InChI=1S/C17H18FNO2/c1-20-15-6-3-12(10-16(15)21-2)17(19)8-7-11-9-13(18)4-5-14(11)17/h3-6,9-10H,7-8,19H2,1-2H3. The molecule has 2 N–H and O–H groups in total.